The summed E-state index contributed by atoms with van der Waals surface area (Å²) in [6.07, 6.45) is 1.84. The molecule has 1 heterocycles. The minimum atomic E-state index is 0.291. The first kappa shape index (κ1) is 13.7. The molecule has 1 atom stereocenters. The van der Waals surface area contributed by atoms with Crippen LogP contribution in [-0.2, 0) is 6.54 Å². The summed E-state index contributed by atoms with van der Waals surface area (Å²) in [5, 5.41) is 3.50. The number of rotatable bonds is 4. The third kappa shape index (κ3) is 3.26. The molecule has 3 heteroatoms. The van der Waals surface area contributed by atoms with E-state index in [9.17, 15) is 0 Å². The SMILES string of the molecule is Cc1ccc(C(C)NCc2cnc3ccccc3n2)cc1. The molecule has 0 spiro atoms. The highest BCUT2D eigenvalue weighted by molar-refractivity contribution is 5.73. The van der Waals surface area contributed by atoms with Crippen LogP contribution < -0.4 is 5.32 Å². The third-order valence-corrected chi connectivity index (χ3v) is 3.67. The molecule has 1 N–H and O–H groups in total. The fourth-order valence-electron chi connectivity index (χ4n) is 2.31. The van der Waals surface area contributed by atoms with E-state index in [2.05, 4.69) is 53.4 Å². The highest BCUT2D eigenvalue weighted by Gasteiger charge is 2.05. The molecule has 0 bridgehead atoms. The lowest BCUT2D eigenvalue weighted by Gasteiger charge is -2.14. The van der Waals surface area contributed by atoms with Gasteiger partial charge in [0.2, 0.25) is 0 Å². The summed E-state index contributed by atoms with van der Waals surface area (Å²) in [6, 6.07) is 16.9. The van der Waals surface area contributed by atoms with Crippen molar-refractivity contribution in [2.24, 2.45) is 0 Å². The normalized spacial score (nSPS) is 12.5. The van der Waals surface area contributed by atoms with Gasteiger partial charge in [0.15, 0.2) is 0 Å². The largest absolute Gasteiger partial charge is 0.305 e. The molecule has 0 aliphatic heterocycles. The van der Waals surface area contributed by atoms with Crippen molar-refractivity contribution < 1.29 is 0 Å². The van der Waals surface area contributed by atoms with Crippen molar-refractivity contribution in [1.82, 2.24) is 15.3 Å². The molecule has 0 saturated carbocycles. The van der Waals surface area contributed by atoms with Gasteiger partial charge in [-0.15, -0.1) is 0 Å². The van der Waals surface area contributed by atoms with Crippen LogP contribution in [-0.4, -0.2) is 9.97 Å². The molecule has 0 radical (unpaired) electrons. The van der Waals surface area contributed by atoms with Crippen molar-refractivity contribution in [1.29, 1.82) is 0 Å². The van der Waals surface area contributed by atoms with Crippen molar-refractivity contribution in [2.75, 3.05) is 0 Å². The highest BCUT2D eigenvalue weighted by Crippen LogP contribution is 2.14. The Kier molecular flexibility index (Phi) is 3.93. The van der Waals surface area contributed by atoms with Gasteiger partial charge in [-0.1, -0.05) is 42.0 Å². The number of nitrogens with one attached hydrogen (secondary N) is 1. The Bertz CT molecular complexity index is 735. The van der Waals surface area contributed by atoms with Gasteiger partial charge < -0.3 is 5.32 Å². The van der Waals surface area contributed by atoms with Crippen LogP contribution in [0, 0.1) is 6.92 Å². The smallest absolute Gasteiger partial charge is 0.0890 e. The molecule has 21 heavy (non-hydrogen) atoms. The number of fused-ring (bicyclic) bond motifs is 1. The van der Waals surface area contributed by atoms with Crippen molar-refractivity contribution in [3.63, 3.8) is 0 Å². The maximum atomic E-state index is 4.63. The monoisotopic (exact) mass is 277 g/mol. The number of nitrogens with zero attached hydrogens (tertiary/aromatic N) is 2. The van der Waals surface area contributed by atoms with E-state index in [-0.39, 0.29) is 0 Å². The summed E-state index contributed by atoms with van der Waals surface area (Å²) in [4.78, 5) is 9.07. The summed E-state index contributed by atoms with van der Waals surface area (Å²) in [6.45, 7) is 4.98. The van der Waals surface area contributed by atoms with E-state index in [1.165, 1.54) is 11.1 Å². The van der Waals surface area contributed by atoms with Crippen LogP contribution in [0.25, 0.3) is 11.0 Å². The molecule has 2 aromatic carbocycles. The van der Waals surface area contributed by atoms with E-state index < -0.39 is 0 Å². The molecule has 0 saturated heterocycles. The van der Waals surface area contributed by atoms with Crippen molar-refractivity contribution in [3.05, 3.63) is 71.5 Å². The maximum Gasteiger partial charge on any atom is 0.0890 e. The first-order valence-electron chi connectivity index (χ1n) is 7.23. The summed E-state index contributed by atoms with van der Waals surface area (Å²) in [5.74, 6) is 0. The van der Waals surface area contributed by atoms with Gasteiger partial charge in [0.25, 0.3) is 0 Å². The summed E-state index contributed by atoms with van der Waals surface area (Å²) in [7, 11) is 0. The molecule has 0 aliphatic carbocycles. The van der Waals surface area contributed by atoms with E-state index in [1.807, 2.05) is 30.5 Å². The Hall–Kier alpha value is -2.26. The molecular formula is C18H19N3. The molecule has 0 aliphatic rings. The Morgan fingerprint density at radius 1 is 1.00 bits per heavy atom. The molecule has 0 fully saturated rings. The van der Waals surface area contributed by atoms with Crippen LogP contribution in [0.15, 0.2) is 54.7 Å². The fraction of sp³-hybridized carbons (Fsp3) is 0.222. The molecular weight excluding hydrogens is 258 g/mol. The van der Waals surface area contributed by atoms with E-state index in [0.29, 0.717) is 12.6 Å². The van der Waals surface area contributed by atoms with Gasteiger partial charge in [0.05, 0.1) is 22.9 Å². The second kappa shape index (κ2) is 6.02. The van der Waals surface area contributed by atoms with Gasteiger partial charge >= 0.3 is 0 Å². The molecule has 1 aromatic heterocycles. The standard InChI is InChI=1S/C18H19N3/c1-13-7-9-15(10-8-13)14(2)19-11-16-12-20-17-5-3-4-6-18(17)21-16/h3-10,12,14,19H,11H2,1-2H3. The predicted octanol–water partition coefficient (Wildman–Crippen LogP) is 3.79. The summed E-state index contributed by atoms with van der Waals surface area (Å²) >= 11 is 0. The Balaban J connectivity index is 1.69. The Morgan fingerprint density at radius 2 is 1.71 bits per heavy atom. The van der Waals surface area contributed by atoms with Crippen LogP contribution in [0.4, 0.5) is 0 Å². The number of aromatic nitrogens is 2. The number of para-hydroxylation sites is 2. The van der Waals surface area contributed by atoms with Crippen molar-refractivity contribution >= 4 is 11.0 Å². The van der Waals surface area contributed by atoms with Gasteiger partial charge in [-0.2, -0.15) is 0 Å². The quantitative estimate of drug-likeness (QED) is 0.788. The molecule has 106 valence electrons. The second-order valence-electron chi connectivity index (χ2n) is 5.36. The summed E-state index contributed by atoms with van der Waals surface area (Å²) < 4.78 is 0. The van der Waals surface area contributed by atoms with Crippen LogP contribution in [0.3, 0.4) is 0 Å². The Morgan fingerprint density at radius 3 is 2.48 bits per heavy atom. The molecule has 3 nitrogen and oxygen atoms in total. The first-order chi connectivity index (χ1) is 10.2. The maximum absolute atomic E-state index is 4.63. The van der Waals surface area contributed by atoms with Crippen LogP contribution in [0.5, 0.6) is 0 Å². The van der Waals surface area contributed by atoms with Gasteiger partial charge in [-0.25, -0.2) is 4.98 Å². The third-order valence-electron chi connectivity index (χ3n) is 3.67. The van der Waals surface area contributed by atoms with Crippen LogP contribution in [0.2, 0.25) is 0 Å². The highest BCUT2D eigenvalue weighted by atomic mass is 14.9. The van der Waals surface area contributed by atoms with E-state index in [1.54, 1.807) is 0 Å². The lowest BCUT2D eigenvalue weighted by molar-refractivity contribution is 0.567. The predicted molar refractivity (Wildman–Crippen MR) is 86.0 cm³/mol. The van der Waals surface area contributed by atoms with Crippen molar-refractivity contribution in [3.8, 4) is 0 Å². The second-order valence-corrected chi connectivity index (χ2v) is 5.36. The molecule has 3 rings (SSSR count). The number of aryl methyl sites for hydroxylation is 1. The van der Waals surface area contributed by atoms with Crippen LogP contribution >= 0.6 is 0 Å². The zero-order valence-corrected chi connectivity index (χ0v) is 12.4. The lowest BCUT2D eigenvalue weighted by atomic mass is 10.1. The van der Waals surface area contributed by atoms with E-state index >= 15 is 0 Å². The molecule has 0 amide bonds. The summed E-state index contributed by atoms with van der Waals surface area (Å²) in [5.41, 5.74) is 5.42. The fourth-order valence-corrected chi connectivity index (χ4v) is 2.31. The van der Waals surface area contributed by atoms with E-state index in [4.69, 9.17) is 0 Å². The molecule has 1 unspecified atom stereocenters. The van der Waals surface area contributed by atoms with Gasteiger partial charge in [0, 0.05) is 12.6 Å². The zero-order valence-electron chi connectivity index (χ0n) is 12.4. The number of hydrogen-bond acceptors (Lipinski definition) is 3. The number of benzene rings is 2. The first-order valence-corrected chi connectivity index (χ1v) is 7.23. The van der Waals surface area contributed by atoms with Crippen molar-refractivity contribution in [2.45, 2.75) is 26.4 Å². The lowest BCUT2D eigenvalue weighted by Crippen LogP contribution is -2.18. The topological polar surface area (TPSA) is 37.8 Å². The average Bonchev–Trinajstić information content (AvgIpc) is 2.53. The van der Waals surface area contributed by atoms with E-state index in [0.717, 1.165) is 16.7 Å². The van der Waals surface area contributed by atoms with Gasteiger partial charge in [-0.3, -0.25) is 4.98 Å². The average molecular weight is 277 g/mol. The van der Waals surface area contributed by atoms with Crippen LogP contribution in [0.1, 0.15) is 29.8 Å². The Labute approximate surface area is 125 Å². The van der Waals surface area contributed by atoms with Gasteiger partial charge in [0.1, 0.15) is 0 Å². The minimum Gasteiger partial charge on any atom is -0.305 e. The number of hydrogen-bond donors (Lipinski definition) is 1. The molecule has 3 aromatic rings. The minimum absolute atomic E-state index is 0.291. The van der Waals surface area contributed by atoms with Gasteiger partial charge in [-0.05, 0) is 31.5 Å². The zero-order chi connectivity index (χ0) is 14.7.